The van der Waals surface area contributed by atoms with E-state index < -0.39 is 5.97 Å². The third-order valence-corrected chi connectivity index (χ3v) is 5.17. The Labute approximate surface area is 150 Å². The molecular formula is C21H30N2O2. The van der Waals surface area contributed by atoms with Gasteiger partial charge in [-0.1, -0.05) is 51.3 Å². The standard InChI is InChI=1S/C21H30N2O2/c1-5-6-7-10-18(21(24)25)14-23-13-12-22-20(23)17(4)19-11-8-9-15(2)16(19)3/h8-9,11-13,17-18H,5-7,10,14H2,1-4H3,(H,24,25). The minimum Gasteiger partial charge on any atom is -0.481 e. The van der Waals surface area contributed by atoms with Crippen molar-refractivity contribution in [2.24, 2.45) is 5.92 Å². The molecule has 1 N–H and O–H groups in total. The largest absolute Gasteiger partial charge is 0.481 e. The molecule has 136 valence electrons. The SMILES string of the molecule is CCCCCC(Cn1ccnc1C(C)c1cccc(C)c1C)C(=O)O. The molecule has 2 aromatic rings. The molecule has 0 spiro atoms. The lowest BCUT2D eigenvalue weighted by molar-refractivity contribution is -0.142. The molecule has 4 heteroatoms. The van der Waals surface area contributed by atoms with Gasteiger partial charge in [-0.25, -0.2) is 4.98 Å². The number of aromatic nitrogens is 2. The van der Waals surface area contributed by atoms with Gasteiger partial charge in [0.25, 0.3) is 0 Å². The first-order chi connectivity index (χ1) is 12.0. The highest BCUT2D eigenvalue weighted by molar-refractivity contribution is 5.69. The van der Waals surface area contributed by atoms with Crippen LogP contribution in [0.4, 0.5) is 0 Å². The van der Waals surface area contributed by atoms with Crippen LogP contribution in [0.5, 0.6) is 0 Å². The Hall–Kier alpha value is -2.10. The van der Waals surface area contributed by atoms with Crippen molar-refractivity contribution in [3.8, 4) is 0 Å². The Morgan fingerprint density at radius 1 is 1.28 bits per heavy atom. The van der Waals surface area contributed by atoms with Crippen LogP contribution in [0, 0.1) is 19.8 Å². The van der Waals surface area contributed by atoms with Crippen molar-refractivity contribution in [2.75, 3.05) is 0 Å². The van der Waals surface area contributed by atoms with Gasteiger partial charge in [-0.15, -0.1) is 0 Å². The summed E-state index contributed by atoms with van der Waals surface area (Å²) in [6.07, 6.45) is 7.56. The molecule has 0 aliphatic heterocycles. The molecule has 0 aliphatic carbocycles. The zero-order valence-corrected chi connectivity index (χ0v) is 15.8. The lowest BCUT2D eigenvalue weighted by atomic mass is 9.92. The number of hydrogen-bond acceptors (Lipinski definition) is 2. The molecule has 0 amide bonds. The average Bonchev–Trinajstić information content (AvgIpc) is 3.04. The van der Waals surface area contributed by atoms with E-state index in [0.717, 1.165) is 31.5 Å². The van der Waals surface area contributed by atoms with Crippen molar-refractivity contribution in [1.29, 1.82) is 0 Å². The number of carbonyl (C=O) groups is 1. The van der Waals surface area contributed by atoms with Gasteiger partial charge in [0.05, 0.1) is 5.92 Å². The number of hydrogen-bond donors (Lipinski definition) is 1. The maximum absolute atomic E-state index is 11.6. The molecule has 2 atom stereocenters. The van der Waals surface area contributed by atoms with Crippen LogP contribution in [0.25, 0.3) is 0 Å². The minimum atomic E-state index is -0.713. The molecule has 25 heavy (non-hydrogen) atoms. The Morgan fingerprint density at radius 2 is 2.04 bits per heavy atom. The van der Waals surface area contributed by atoms with E-state index in [4.69, 9.17) is 0 Å². The quantitative estimate of drug-likeness (QED) is 0.657. The van der Waals surface area contributed by atoms with Gasteiger partial charge in [0.1, 0.15) is 5.82 Å². The normalized spacial score (nSPS) is 13.6. The van der Waals surface area contributed by atoms with Gasteiger partial charge >= 0.3 is 5.97 Å². The summed E-state index contributed by atoms with van der Waals surface area (Å²) in [6.45, 7) is 9.03. The van der Waals surface area contributed by atoms with Crippen molar-refractivity contribution in [3.63, 3.8) is 0 Å². The third kappa shape index (κ3) is 4.71. The second-order valence-electron chi connectivity index (χ2n) is 6.98. The molecular weight excluding hydrogens is 312 g/mol. The molecule has 0 saturated heterocycles. The fourth-order valence-corrected chi connectivity index (χ4v) is 3.41. The molecule has 0 radical (unpaired) electrons. The number of benzene rings is 1. The van der Waals surface area contributed by atoms with E-state index in [1.165, 1.54) is 16.7 Å². The molecule has 0 bridgehead atoms. The Kier molecular flexibility index (Phi) is 6.80. The van der Waals surface area contributed by atoms with E-state index in [-0.39, 0.29) is 11.8 Å². The molecule has 0 saturated carbocycles. The zero-order chi connectivity index (χ0) is 18.4. The van der Waals surface area contributed by atoms with E-state index in [1.54, 1.807) is 6.20 Å². The summed E-state index contributed by atoms with van der Waals surface area (Å²) in [4.78, 5) is 16.2. The second-order valence-corrected chi connectivity index (χ2v) is 6.98. The number of unbranched alkanes of at least 4 members (excludes halogenated alkanes) is 2. The summed E-state index contributed by atoms with van der Waals surface area (Å²) in [6, 6.07) is 6.33. The zero-order valence-electron chi connectivity index (χ0n) is 15.8. The Balaban J connectivity index is 2.21. The molecule has 1 aromatic heterocycles. The van der Waals surface area contributed by atoms with Gasteiger partial charge in [-0.2, -0.15) is 0 Å². The van der Waals surface area contributed by atoms with Gasteiger partial charge in [-0.3, -0.25) is 4.79 Å². The van der Waals surface area contributed by atoms with Crippen LogP contribution in [-0.4, -0.2) is 20.6 Å². The lowest BCUT2D eigenvalue weighted by Gasteiger charge is -2.20. The number of carboxylic acids is 1. The summed E-state index contributed by atoms with van der Waals surface area (Å²) in [7, 11) is 0. The van der Waals surface area contributed by atoms with Gasteiger partial charge in [-0.05, 0) is 37.0 Å². The highest BCUT2D eigenvalue weighted by Gasteiger charge is 2.22. The van der Waals surface area contributed by atoms with Crippen LogP contribution >= 0.6 is 0 Å². The topological polar surface area (TPSA) is 55.1 Å². The highest BCUT2D eigenvalue weighted by atomic mass is 16.4. The maximum atomic E-state index is 11.6. The number of rotatable bonds is 9. The van der Waals surface area contributed by atoms with Crippen molar-refractivity contribution in [1.82, 2.24) is 9.55 Å². The van der Waals surface area contributed by atoms with Crippen LogP contribution < -0.4 is 0 Å². The smallest absolute Gasteiger partial charge is 0.308 e. The van der Waals surface area contributed by atoms with E-state index in [2.05, 4.69) is 50.9 Å². The second kappa shape index (κ2) is 8.84. The molecule has 1 heterocycles. The van der Waals surface area contributed by atoms with Crippen molar-refractivity contribution in [3.05, 3.63) is 53.1 Å². The van der Waals surface area contributed by atoms with Crippen LogP contribution in [0.1, 0.15) is 68.0 Å². The molecule has 0 fully saturated rings. The van der Waals surface area contributed by atoms with E-state index in [0.29, 0.717) is 6.54 Å². The molecule has 2 rings (SSSR count). The monoisotopic (exact) mass is 342 g/mol. The average molecular weight is 342 g/mol. The first-order valence-electron chi connectivity index (χ1n) is 9.25. The van der Waals surface area contributed by atoms with Crippen molar-refractivity contribution in [2.45, 2.75) is 65.8 Å². The van der Waals surface area contributed by atoms with Gasteiger partial charge in [0.2, 0.25) is 0 Å². The fraction of sp³-hybridized carbons (Fsp3) is 0.524. The summed E-state index contributed by atoms with van der Waals surface area (Å²) in [5.41, 5.74) is 3.80. The first-order valence-corrected chi connectivity index (χ1v) is 9.25. The number of aryl methyl sites for hydroxylation is 1. The van der Waals surface area contributed by atoms with Gasteiger partial charge in [0.15, 0.2) is 0 Å². The van der Waals surface area contributed by atoms with E-state index in [1.807, 2.05) is 10.8 Å². The van der Waals surface area contributed by atoms with Crippen molar-refractivity contribution < 1.29 is 9.90 Å². The molecule has 1 aromatic carbocycles. The molecule has 2 unspecified atom stereocenters. The number of imidazole rings is 1. The molecule has 4 nitrogen and oxygen atoms in total. The van der Waals surface area contributed by atoms with Crippen molar-refractivity contribution >= 4 is 5.97 Å². The number of carboxylic acid groups (broad SMARTS) is 1. The van der Waals surface area contributed by atoms with Crippen LogP contribution in [-0.2, 0) is 11.3 Å². The Bertz CT molecular complexity index is 706. The summed E-state index contributed by atoms with van der Waals surface area (Å²) < 4.78 is 2.02. The van der Waals surface area contributed by atoms with Gasteiger partial charge < -0.3 is 9.67 Å². The fourth-order valence-electron chi connectivity index (χ4n) is 3.41. The highest BCUT2D eigenvalue weighted by Crippen LogP contribution is 2.28. The van der Waals surface area contributed by atoms with Crippen LogP contribution in [0.2, 0.25) is 0 Å². The lowest BCUT2D eigenvalue weighted by Crippen LogP contribution is -2.22. The summed E-state index contributed by atoms with van der Waals surface area (Å²) in [5.74, 6) is 0.0101. The van der Waals surface area contributed by atoms with Gasteiger partial charge in [0, 0.05) is 24.9 Å². The van der Waals surface area contributed by atoms with E-state index in [9.17, 15) is 9.90 Å². The third-order valence-electron chi connectivity index (χ3n) is 5.17. The summed E-state index contributed by atoms with van der Waals surface area (Å²) in [5, 5.41) is 9.56. The predicted molar refractivity (Wildman–Crippen MR) is 101 cm³/mol. The van der Waals surface area contributed by atoms with Crippen LogP contribution in [0.3, 0.4) is 0 Å². The summed E-state index contributed by atoms with van der Waals surface area (Å²) >= 11 is 0. The first kappa shape index (κ1) is 19.2. The predicted octanol–water partition coefficient (Wildman–Crippen LogP) is 4.93. The van der Waals surface area contributed by atoms with E-state index >= 15 is 0 Å². The number of aliphatic carboxylic acids is 1. The minimum absolute atomic E-state index is 0.139. The Morgan fingerprint density at radius 3 is 2.72 bits per heavy atom. The number of nitrogens with zero attached hydrogens (tertiary/aromatic N) is 2. The maximum Gasteiger partial charge on any atom is 0.308 e. The van der Waals surface area contributed by atoms with Crippen LogP contribution in [0.15, 0.2) is 30.6 Å². The molecule has 0 aliphatic rings.